The van der Waals surface area contributed by atoms with E-state index in [0.29, 0.717) is 18.8 Å². The zero-order chi connectivity index (χ0) is 19.3. The summed E-state index contributed by atoms with van der Waals surface area (Å²) >= 11 is 1.68. The van der Waals surface area contributed by atoms with Gasteiger partial charge in [0.15, 0.2) is 0 Å². The van der Waals surface area contributed by atoms with E-state index in [2.05, 4.69) is 27.3 Å². The first kappa shape index (κ1) is 19.0. The molecule has 28 heavy (non-hydrogen) atoms. The van der Waals surface area contributed by atoms with Crippen molar-refractivity contribution in [1.29, 1.82) is 0 Å². The van der Waals surface area contributed by atoms with E-state index in [4.69, 9.17) is 0 Å². The first-order chi connectivity index (χ1) is 13.7. The highest BCUT2D eigenvalue weighted by molar-refractivity contribution is 7.98. The molecule has 1 aromatic carbocycles. The van der Waals surface area contributed by atoms with Gasteiger partial charge in [-0.3, -0.25) is 19.5 Å². The van der Waals surface area contributed by atoms with Crippen molar-refractivity contribution in [3.63, 3.8) is 0 Å². The molecule has 2 amide bonds. The van der Waals surface area contributed by atoms with Gasteiger partial charge in [-0.05, 0) is 23.3 Å². The van der Waals surface area contributed by atoms with Gasteiger partial charge < -0.3 is 10.2 Å². The van der Waals surface area contributed by atoms with Crippen LogP contribution in [0.25, 0.3) is 0 Å². The van der Waals surface area contributed by atoms with E-state index in [1.807, 2.05) is 30.3 Å². The van der Waals surface area contributed by atoms with E-state index in [1.165, 1.54) is 11.1 Å². The van der Waals surface area contributed by atoms with Crippen molar-refractivity contribution in [1.82, 2.24) is 20.1 Å². The molecular formula is C21H24N4O2S. The third-order valence-electron chi connectivity index (χ3n) is 5.22. The summed E-state index contributed by atoms with van der Waals surface area (Å²) in [5.41, 5.74) is 2.39. The zero-order valence-electron chi connectivity index (χ0n) is 15.7. The smallest absolute Gasteiger partial charge is 0.246 e. The number of hydrogen-bond donors (Lipinski definition) is 1. The normalized spacial score (nSPS) is 22.6. The minimum absolute atomic E-state index is 0.0376. The van der Waals surface area contributed by atoms with Crippen LogP contribution in [0.1, 0.15) is 11.1 Å². The van der Waals surface area contributed by atoms with E-state index in [-0.39, 0.29) is 11.8 Å². The number of benzene rings is 1. The SMILES string of the molecule is O=C1N[C@@H](CSCc2ccccc2)C(=O)N2CCN(Cc3ccncc3)C[C@H]12. The maximum absolute atomic E-state index is 12.9. The third kappa shape index (κ3) is 4.36. The second-order valence-corrected chi connectivity index (χ2v) is 8.23. The van der Waals surface area contributed by atoms with Crippen LogP contribution in [0.4, 0.5) is 0 Å². The number of aromatic nitrogens is 1. The Labute approximate surface area is 169 Å². The Bertz CT molecular complexity index is 818. The third-order valence-corrected chi connectivity index (χ3v) is 6.32. The van der Waals surface area contributed by atoms with Gasteiger partial charge in [-0.15, -0.1) is 0 Å². The lowest BCUT2D eigenvalue weighted by molar-refractivity contribution is -0.152. The van der Waals surface area contributed by atoms with Crippen molar-refractivity contribution in [2.24, 2.45) is 0 Å². The Morgan fingerprint density at radius 1 is 1.04 bits per heavy atom. The summed E-state index contributed by atoms with van der Waals surface area (Å²) in [6.07, 6.45) is 3.56. The first-order valence-electron chi connectivity index (χ1n) is 9.54. The number of fused-ring (bicyclic) bond motifs is 1. The molecule has 2 aliphatic heterocycles. The monoisotopic (exact) mass is 396 g/mol. The van der Waals surface area contributed by atoms with Crippen LogP contribution in [0.15, 0.2) is 54.9 Å². The largest absolute Gasteiger partial charge is 0.342 e. The topological polar surface area (TPSA) is 65.5 Å². The number of carbonyl (C=O) groups excluding carboxylic acids is 2. The standard InChI is InChI=1S/C21H24N4O2S/c26-20-19-13-24(12-16-6-8-22-9-7-16)10-11-25(19)21(27)18(23-20)15-28-14-17-4-2-1-3-5-17/h1-9,18-19H,10-15H2,(H,23,26)/t18-,19+/m0/s1. The van der Waals surface area contributed by atoms with Crippen LogP contribution in [0.3, 0.4) is 0 Å². The van der Waals surface area contributed by atoms with Crippen molar-refractivity contribution >= 4 is 23.6 Å². The molecule has 2 fully saturated rings. The number of nitrogens with one attached hydrogen (secondary N) is 1. The van der Waals surface area contributed by atoms with E-state index in [1.54, 1.807) is 29.1 Å². The van der Waals surface area contributed by atoms with Gasteiger partial charge in [-0.1, -0.05) is 30.3 Å². The average molecular weight is 397 g/mol. The van der Waals surface area contributed by atoms with Gasteiger partial charge in [0.2, 0.25) is 11.8 Å². The molecule has 4 rings (SSSR count). The summed E-state index contributed by atoms with van der Waals surface area (Å²) < 4.78 is 0. The summed E-state index contributed by atoms with van der Waals surface area (Å²) in [5, 5.41) is 2.95. The summed E-state index contributed by atoms with van der Waals surface area (Å²) in [4.78, 5) is 33.6. The number of nitrogens with zero attached hydrogens (tertiary/aromatic N) is 3. The van der Waals surface area contributed by atoms with E-state index in [9.17, 15) is 9.59 Å². The van der Waals surface area contributed by atoms with Crippen molar-refractivity contribution in [2.45, 2.75) is 24.4 Å². The Morgan fingerprint density at radius 2 is 1.82 bits per heavy atom. The molecule has 0 unspecified atom stereocenters. The lowest BCUT2D eigenvalue weighted by atomic mass is 10.0. The molecule has 0 bridgehead atoms. The molecule has 2 saturated heterocycles. The van der Waals surface area contributed by atoms with Gasteiger partial charge in [0.05, 0.1) is 0 Å². The van der Waals surface area contributed by atoms with Crippen molar-refractivity contribution in [2.75, 3.05) is 25.4 Å². The van der Waals surface area contributed by atoms with Crippen LogP contribution in [0.2, 0.25) is 0 Å². The molecule has 2 aliphatic rings. The number of hydrogen-bond acceptors (Lipinski definition) is 5. The molecule has 2 aromatic rings. The van der Waals surface area contributed by atoms with Crippen LogP contribution in [0.5, 0.6) is 0 Å². The predicted molar refractivity (Wildman–Crippen MR) is 110 cm³/mol. The number of carbonyl (C=O) groups is 2. The Morgan fingerprint density at radius 3 is 2.61 bits per heavy atom. The average Bonchev–Trinajstić information content (AvgIpc) is 2.73. The van der Waals surface area contributed by atoms with Crippen LogP contribution in [0, 0.1) is 0 Å². The minimum atomic E-state index is -0.427. The molecule has 7 heteroatoms. The van der Waals surface area contributed by atoms with Crippen molar-refractivity contribution < 1.29 is 9.59 Å². The second-order valence-electron chi connectivity index (χ2n) is 7.20. The summed E-state index contributed by atoms with van der Waals surface area (Å²) in [7, 11) is 0. The van der Waals surface area contributed by atoms with Gasteiger partial charge in [0, 0.05) is 50.1 Å². The molecule has 0 radical (unpaired) electrons. The lowest BCUT2D eigenvalue weighted by Gasteiger charge is -2.45. The molecule has 0 spiro atoms. The molecule has 1 N–H and O–H groups in total. The summed E-state index contributed by atoms with van der Waals surface area (Å²) in [6.45, 7) is 2.72. The van der Waals surface area contributed by atoms with Crippen LogP contribution >= 0.6 is 11.8 Å². The van der Waals surface area contributed by atoms with Gasteiger partial charge in [-0.2, -0.15) is 11.8 Å². The fourth-order valence-corrected chi connectivity index (χ4v) is 4.74. The van der Waals surface area contributed by atoms with Crippen molar-refractivity contribution in [3.8, 4) is 0 Å². The predicted octanol–water partition coefficient (Wildman–Crippen LogP) is 1.53. The fourth-order valence-electron chi connectivity index (χ4n) is 3.73. The van der Waals surface area contributed by atoms with Gasteiger partial charge in [-0.25, -0.2) is 0 Å². The number of thioether (sulfide) groups is 1. The molecule has 1 aromatic heterocycles. The molecule has 0 aliphatic carbocycles. The molecule has 0 saturated carbocycles. The van der Waals surface area contributed by atoms with E-state index < -0.39 is 12.1 Å². The molecule has 146 valence electrons. The molecular weight excluding hydrogens is 372 g/mol. The lowest BCUT2D eigenvalue weighted by Crippen LogP contribution is -2.69. The minimum Gasteiger partial charge on any atom is -0.342 e. The number of pyridine rings is 1. The van der Waals surface area contributed by atoms with Crippen LogP contribution in [-0.4, -0.2) is 64.1 Å². The Hall–Kier alpha value is -2.38. The van der Waals surface area contributed by atoms with Crippen molar-refractivity contribution in [3.05, 3.63) is 66.0 Å². The Kier molecular flexibility index (Phi) is 5.92. The highest BCUT2D eigenvalue weighted by atomic mass is 32.2. The van der Waals surface area contributed by atoms with Gasteiger partial charge in [0.25, 0.3) is 0 Å². The number of amides is 2. The van der Waals surface area contributed by atoms with E-state index in [0.717, 1.165) is 18.8 Å². The second kappa shape index (κ2) is 8.75. The Balaban J connectivity index is 1.32. The summed E-state index contributed by atoms with van der Waals surface area (Å²) in [5.74, 6) is 1.45. The zero-order valence-corrected chi connectivity index (χ0v) is 16.5. The molecule has 2 atom stereocenters. The van der Waals surface area contributed by atoms with Crippen LogP contribution in [-0.2, 0) is 21.9 Å². The number of rotatable bonds is 6. The van der Waals surface area contributed by atoms with Crippen LogP contribution < -0.4 is 5.32 Å². The first-order valence-corrected chi connectivity index (χ1v) is 10.7. The van der Waals surface area contributed by atoms with E-state index >= 15 is 0 Å². The quantitative estimate of drug-likeness (QED) is 0.802. The summed E-state index contributed by atoms with van der Waals surface area (Å²) in [6, 6.07) is 13.3. The number of piperazine rings is 2. The molecule has 6 nitrogen and oxygen atoms in total. The maximum Gasteiger partial charge on any atom is 0.246 e. The molecule has 3 heterocycles. The maximum atomic E-state index is 12.9. The highest BCUT2D eigenvalue weighted by Gasteiger charge is 2.43. The highest BCUT2D eigenvalue weighted by Crippen LogP contribution is 2.21. The fraction of sp³-hybridized carbons (Fsp3) is 0.381. The van der Waals surface area contributed by atoms with Gasteiger partial charge >= 0.3 is 0 Å². The van der Waals surface area contributed by atoms with Gasteiger partial charge in [0.1, 0.15) is 12.1 Å².